The van der Waals surface area contributed by atoms with Gasteiger partial charge in [-0.3, -0.25) is 19.7 Å². The number of benzene rings is 1. The molecule has 0 aliphatic carbocycles. The first-order valence-electron chi connectivity index (χ1n) is 5.74. The van der Waals surface area contributed by atoms with Crippen LogP contribution in [-0.4, -0.2) is 23.0 Å². The number of ether oxygens (including phenoxy) is 1. The Hall–Kier alpha value is -2.57. The predicted molar refractivity (Wildman–Crippen MR) is 67.6 cm³/mol. The van der Waals surface area contributed by atoms with Crippen LogP contribution < -0.4 is 0 Å². The van der Waals surface area contributed by atoms with Crippen LogP contribution in [0.15, 0.2) is 18.2 Å². The summed E-state index contributed by atoms with van der Waals surface area (Å²) in [6.07, 6.45) is 1.61. The van der Waals surface area contributed by atoms with Gasteiger partial charge in [0.1, 0.15) is 12.4 Å². The molecule has 0 N–H and O–H groups in total. The van der Waals surface area contributed by atoms with E-state index in [9.17, 15) is 24.5 Å². The highest BCUT2D eigenvalue weighted by Gasteiger charge is 2.12. The van der Waals surface area contributed by atoms with Crippen LogP contribution in [0, 0.1) is 10.1 Å². The normalized spacial score (nSPS) is 9.85. The topological polar surface area (TPSA) is 104 Å². The van der Waals surface area contributed by atoms with E-state index < -0.39 is 10.9 Å². The first-order valence-corrected chi connectivity index (χ1v) is 5.74. The van der Waals surface area contributed by atoms with Crippen molar-refractivity contribution in [2.75, 3.05) is 0 Å². The van der Waals surface area contributed by atoms with Crippen LogP contribution in [0.25, 0.3) is 0 Å². The smallest absolute Gasteiger partial charge is 0.306 e. The summed E-state index contributed by atoms with van der Waals surface area (Å²) >= 11 is 0. The summed E-state index contributed by atoms with van der Waals surface area (Å²) in [6.45, 7) is 1.17. The van der Waals surface area contributed by atoms with Crippen molar-refractivity contribution < 1.29 is 24.0 Å². The van der Waals surface area contributed by atoms with Gasteiger partial charge in [-0.1, -0.05) is 0 Å². The fourth-order valence-electron chi connectivity index (χ4n) is 1.41. The van der Waals surface area contributed by atoms with Crippen molar-refractivity contribution in [3.05, 3.63) is 39.4 Å². The molecule has 105 valence electrons. The van der Waals surface area contributed by atoms with Gasteiger partial charge in [0.2, 0.25) is 6.29 Å². The third-order valence-corrected chi connectivity index (χ3v) is 2.48. The molecule has 0 bridgehead atoms. The van der Waals surface area contributed by atoms with E-state index >= 15 is 0 Å². The van der Waals surface area contributed by atoms with Crippen LogP contribution in [-0.2, 0) is 25.7 Å². The lowest BCUT2D eigenvalue weighted by molar-refractivity contribution is -0.384. The molecule has 20 heavy (non-hydrogen) atoms. The Kier molecular flexibility index (Phi) is 5.52. The fourth-order valence-corrected chi connectivity index (χ4v) is 1.41. The second kappa shape index (κ2) is 7.13. The Labute approximate surface area is 114 Å². The van der Waals surface area contributed by atoms with Gasteiger partial charge in [0.15, 0.2) is 0 Å². The van der Waals surface area contributed by atoms with Crippen molar-refractivity contribution in [1.82, 2.24) is 0 Å². The van der Waals surface area contributed by atoms with Crippen LogP contribution >= 0.6 is 0 Å². The summed E-state index contributed by atoms with van der Waals surface area (Å²) < 4.78 is 4.88. The van der Waals surface area contributed by atoms with Gasteiger partial charge in [0, 0.05) is 29.7 Å². The zero-order valence-electron chi connectivity index (χ0n) is 10.8. The van der Waals surface area contributed by atoms with Gasteiger partial charge >= 0.3 is 5.97 Å². The summed E-state index contributed by atoms with van der Waals surface area (Å²) in [7, 11) is 0. The molecule has 0 saturated carbocycles. The molecule has 1 aromatic carbocycles. The van der Waals surface area contributed by atoms with E-state index in [-0.39, 0.29) is 36.5 Å². The van der Waals surface area contributed by atoms with Crippen LogP contribution in [0.1, 0.15) is 30.9 Å². The number of ketones is 1. The molecule has 0 spiro atoms. The first kappa shape index (κ1) is 15.5. The minimum Gasteiger partial charge on any atom is -0.461 e. The molecule has 1 aromatic rings. The second-order valence-corrected chi connectivity index (χ2v) is 4.06. The molecule has 0 aliphatic rings. The summed E-state index contributed by atoms with van der Waals surface area (Å²) in [5.41, 5.74) is 0.0512. The minimum absolute atomic E-state index is 0.0291. The maximum Gasteiger partial charge on any atom is 0.306 e. The van der Waals surface area contributed by atoms with E-state index in [0.29, 0.717) is 5.56 Å². The zero-order valence-corrected chi connectivity index (χ0v) is 10.8. The first-order chi connectivity index (χ1) is 9.43. The number of nitro groups is 1. The van der Waals surface area contributed by atoms with E-state index in [0.717, 1.165) is 6.07 Å². The summed E-state index contributed by atoms with van der Waals surface area (Å²) in [5.74, 6) is -0.699. The number of esters is 1. The van der Waals surface area contributed by atoms with Gasteiger partial charge in [0.25, 0.3) is 5.69 Å². The Balaban J connectivity index is 2.68. The zero-order chi connectivity index (χ0) is 15.1. The lowest BCUT2D eigenvalue weighted by Gasteiger charge is -2.06. The van der Waals surface area contributed by atoms with E-state index in [2.05, 4.69) is 0 Å². The van der Waals surface area contributed by atoms with Crippen LogP contribution in [0.3, 0.4) is 0 Å². The van der Waals surface area contributed by atoms with Crippen LogP contribution in [0.2, 0.25) is 0 Å². The number of nitrogens with zero attached hydrogens (tertiary/aromatic N) is 1. The number of hydrogen-bond donors (Lipinski definition) is 0. The molecule has 1 radical (unpaired) electrons. The standard InChI is InChI=1S/C13H12NO6/c1-9(16)2-5-13(17)20-8-10-3-4-12(14(18)19)6-11(10)7-15/h3-4,6H,2,5,8H2,1H3. The number of nitro benzene ring substituents is 1. The minimum atomic E-state index is -0.635. The number of carbonyl (C=O) groups excluding carboxylic acids is 3. The fraction of sp³-hybridized carbons (Fsp3) is 0.308. The number of rotatable bonds is 7. The van der Waals surface area contributed by atoms with Crippen LogP contribution in [0.5, 0.6) is 0 Å². The average Bonchev–Trinajstić information content (AvgIpc) is 2.42. The third kappa shape index (κ3) is 4.60. The average molecular weight is 278 g/mol. The number of carbonyl (C=O) groups is 2. The second-order valence-electron chi connectivity index (χ2n) is 4.06. The molecular weight excluding hydrogens is 266 g/mol. The van der Waals surface area contributed by atoms with Crippen molar-refractivity contribution in [3.63, 3.8) is 0 Å². The molecule has 1 rings (SSSR count). The van der Waals surface area contributed by atoms with E-state index in [1.807, 2.05) is 0 Å². The highest BCUT2D eigenvalue weighted by Crippen LogP contribution is 2.17. The van der Waals surface area contributed by atoms with Gasteiger partial charge in [0.05, 0.1) is 11.3 Å². The predicted octanol–water partition coefficient (Wildman–Crippen LogP) is 1.47. The molecule has 7 nitrogen and oxygen atoms in total. The third-order valence-electron chi connectivity index (χ3n) is 2.48. The summed E-state index contributed by atoms with van der Waals surface area (Å²) in [6, 6.07) is 3.60. The number of hydrogen-bond acceptors (Lipinski definition) is 6. The quantitative estimate of drug-likeness (QED) is 0.425. The van der Waals surface area contributed by atoms with Crippen LogP contribution in [0.4, 0.5) is 5.69 Å². The lowest BCUT2D eigenvalue weighted by atomic mass is 10.1. The highest BCUT2D eigenvalue weighted by molar-refractivity contribution is 5.81. The molecule has 0 amide bonds. The van der Waals surface area contributed by atoms with Crippen molar-refractivity contribution in [1.29, 1.82) is 0 Å². The molecule has 0 fully saturated rings. The largest absolute Gasteiger partial charge is 0.461 e. The Bertz CT molecular complexity index is 552. The van der Waals surface area contributed by atoms with E-state index in [1.54, 1.807) is 6.29 Å². The molecule has 0 unspecified atom stereocenters. The highest BCUT2D eigenvalue weighted by atomic mass is 16.6. The van der Waals surface area contributed by atoms with Gasteiger partial charge in [-0.25, -0.2) is 0 Å². The maximum atomic E-state index is 11.3. The van der Waals surface area contributed by atoms with E-state index in [1.165, 1.54) is 19.1 Å². The molecule has 0 aromatic heterocycles. The number of non-ortho nitro benzene ring substituents is 1. The van der Waals surface area contributed by atoms with Gasteiger partial charge in [-0.05, 0) is 13.0 Å². The molecule has 0 saturated heterocycles. The van der Waals surface area contributed by atoms with E-state index in [4.69, 9.17) is 4.74 Å². The molecular formula is C13H12NO6. The number of Topliss-reactive ketones (excluding diaryl/α,β-unsaturated/α-hetero) is 1. The molecule has 7 heteroatoms. The summed E-state index contributed by atoms with van der Waals surface area (Å²) in [5, 5.41) is 10.6. The van der Waals surface area contributed by atoms with Crippen molar-refractivity contribution in [2.24, 2.45) is 0 Å². The molecule has 0 aliphatic heterocycles. The monoisotopic (exact) mass is 278 g/mol. The van der Waals surface area contributed by atoms with Gasteiger partial charge < -0.3 is 9.53 Å². The molecule has 0 atom stereocenters. The van der Waals surface area contributed by atoms with Gasteiger partial charge in [-0.2, -0.15) is 0 Å². The Morgan fingerprint density at radius 2 is 2.05 bits per heavy atom. The maximum absolute atomic E-state index is 11.3. The van der Waals surface area contributed by atoms with Gasteiger partial charge in [-0.15, -0.1) is 0 Å². The van der Waals surface area contributed by atoms with Crippen molar-refractivity contribution in [2.45, 2.75) is 26.4 Å². The Morgan fingerprint density at radius 1 is 1.35 bits per heavy atom. The lowest BCUT2D eigenvalue weighted by Crippen LogP contribution is -2.07. The SMILES string of the molecule is CC(=O)CCC(=O)OCc1ccc([N+](=O)[O-])cc1[C]=O. The summed E-state index contributed by atoms with van der Waals surface area (Å²) in [4.78, 5) is 42.7. The Morgan fingerprint density at radius 3 is 2.60 bits per heavy atom. The molecule has 0 heterocycles. The van der Waals surface area contributed by atoms with Crippen molar-refractivity contribution >= 4 is 23.7 Å². The van der Waals surface area contributed by atoms with Crippen molar-refractivity contribution in [3.8, 4) is 0 Å².